The van der Waals surface area contributed by atoms with Crippen LogP contribution in [0, 0.1) is 41.4 Å². The molecule has 3 aliphatic carbocycles. The van der Waals surface area contributed by atoms with Gasteiger partial charge in [-0.3, -0.25) is 0 Å². The van der Waals surface area contributed by atoms with E-state index in [0.29, 0.717) is 0 Å². The standard InChI is InChI=1S/C13H22/c1-7-5-12-11-6-10(4-8(11)2)13(12)9(7)3/h7-13H,4-6H2,1-3H3. The Kier molecular flexibility index (Phi) is 1.61. The Morgan fingerprint density at radius 3 is 2.31 bits per heavy atom. The third-order valence-corrected chi connectivity index (χ3v) is 5.72. The van der Waals surface area contributed by atoms with Crippen LogP contribution in [-0.2, 0) is 0 Å². The van der Waals surface area contributed by atoms with Gasteiger partial charge in [-0.2, -0.15) is 0 Å². The summed E-state index contributed by atoms with van der Waals surface area (Å²) in [4.78, 5) is 0. The van der Waals surface area contributed by atoms with E-state index in [2.05, 4.69) is 20.8 Å². The van der Waals surface area contributed by atoms with Gasteiger partial charge in [-0.25, -0.2) is 0 Å². The number of fused-ring (bicyclic) bond motifs is 5. The lowest BCUT2D eigenvalue weighted by atomic mass is 9.74. The quantitative estimate of drug-likeness (QED) is 0.532. The smallest absolute Gasteiger partial charge is 0.0326 e. The molecule has 0 aromatic carbocycles. The molecule has 3 saturated carbocycles. The topological polar surface area (TPSA) is 0 Å². The van der Waals surface area contributed by atoms with E-state index in [1.807, 2.05) is 0 Å². The van der Waals surface area contributed by atoms with Gasteiger partial charge in [0.15, 0.2) is 0 Å². The summed E-state index contributed by atoms with van der Waals surface area (Å²) in [5, 5.41) is 0. The van der Waals surface area contributed by atoms with E-state index < -0.39 is 0 Å². The van der Waals surface area contributed by atoms with Gasteiger partial charge in [-0.05, 0) is 60.7 Å². The third-order valence-electron chi connectivity index (χ3n) is 5.72. The molecule has 7 atom stereocenters. The molecule has 0 heteroatoms. The normalized spacial score (nSPS) is 64.4. The summed E-state index contributed by atoms with van der Waals surface area (Å²) < 4.78 is 0. The third kappa shape index (κ3) is 0.926. The van der Waals surface area contributed by atoms with Crippen molar-refractivity contribution in [2.24, 2.45) is 41.4 Å². The van der Waals surface area contributed by atoms with Gasteiger partial charge in [0.2, 0.25) is 0 Å². The zero-order chi connectivity index (χ0) is 9.16. The second-order valence-corrected chi connectivity index (χ2v) is 6.19. The highest BCUT2D eigenvalue weighted by atomic mass is 14.6. The predicted molar refractivity (Wildman–Crippen MR) is 55.3 cm³/mol. The summed E-state index contributed by atoms with van der Waals surface area (Å²) in [6.45, 7) is 7.49. The minimum absolute atomic E-state index is 1.02. The highest BCUT2D eigenvalue weighted by molar-refractivity contribution is 5.05. The molecule has 7 unspecified atom stereocenters. The SMILES string of the molecule is CC1CC2C3CC(CC3C)C2C1C. The predicted octanol–water partition coefficient (Wildman–Crippen LogP) is 3.57. The average molecular weight is 178 g/mol. The highest BCUT2D eigenvalue weighted by Gasteiger charge is 2.56. The molecule has 3 rings (SSSR count). The summed E-state index contributed by atoms with van der Waals surface area (Å²) in [7, 11) is 0. The van der Waals surface area contributed by atoms with E-state index in [9.17, 15) is 0 Å². The summed E-state index contributed by atoms with van der Waals surface area (Å²) in [5.74, 6) is 7.64. The Labute approximate surface area is 82.1 Å². The van der Waals surface area contributed by atoms with E-state index in [-0.39, 0.29) is 0 Å². The van der Waals surface area contributed by atoms with E-state index in [0.717, 1.165) is 41.4 Å². The maximum Gasteiger partial charge on any atom is -0.0326 e. The number of hydrogen-bond donors (Lipinski definition) is 0. The van der Waals surface area contributed by atoms with Gasteiger partial charge in [0.1, 0.15) is 0 Å². The highest BCUT2D eigenvalue weighted by Crippen LogP contribution is 2.63. The molecule has 0 aromatic rings. The van der Waals surface area contributed by atoms with Crippen molar-refractivity contribution in [3.8, 4) is 0 Å². The average Bonchev–Trinajstić information content (AvgIpc) is 2.65. The molecule has 74 valence electrons. The zero-order valence-electron chi connectivity index (χ0n) is 9.16. The summed E-state index contributed by atoms with van der Waals surface area (Å²) in [6.07, 6.45) is 4.70. The fraction of sp³-hybridized carbons (Fsp3) is 1.00. The van der Waals surface area contributed by atoms with Crippen molar-refractivity contribution in [3.63, 3.8) is 0 Å². The van der Waals surface area contributed by atoms with Crippen LogP contribution in [0.2, 0.25) is 0 Å². The molecule has 0 saturated heterocycles. The van der Waals surface area contributed by atoms with E-state index >= 15 is 0 Å². The van der Waals surface area contributed by atoms with Crippen LogP contribution in [-0.4, -0.2) is 0 Å². The number of rotatable bonds is 0. The van der Waals surface area contributed by atoms with Gasteiger partial charge < -0.3 is 0 Å². The molecule has 0 nitrogen and oxygen atoms in total. The first-order valence-electron chi connectivity index (χ1n) is 6.18. The molecule has 0 N–H and O–H groups in total. The van der Waals surface area contributed by atoms with Crippen LogP contribution in [0.25, 0.3) is 0 Å². The van der Waals surface area contributed by atoms with Crippen LogP contribution in [0.1, 0.15) is 40.0 Å². The van der Waals surface area contributed by atoms with Gasteiger partial charge in [-0.1, -0.05) is 20.8 Å². The first-order valence-corrected chi connectivity index (χ1v) is 6.18. The molecule has 2 bridgehead atoms. The molecule has 3 fully saturated rings. The summed E-state index contributed by atoms with van der Waals surface area (Å²) in [5.41, 5.74) is 0. The van der Waals surface area contributed by atoms with Gasteiger partial charge >= 0.3 is 0 Å². The molecule has 0 amide bonds. The number of hydrogen-bond acceptors (Lipinski definition) is 0. The second kappa shape index (κ2) is 2.52. The van der Waals surface area contributed by atoms with Crippen molar-refractivity contribution in [3.05, 3.63) is 0 Å². The minimum Gasteiger partial charge on any atom is -0.0622 e. The molecule has 0 aromatic heterocycles. The summed E-state index contributed by atoms with van der Waals surface area (Å²) >= 11 is 0. The van der Waals surface area contributed by atoms with E-state index in [4.69, 9.17) is 0 Å². The fourth-order valence-electron chi connectivity index (χ4n) is 5.05. The Morgan fingerprint density at radius 2 is 1.54 bits per heavy atom. The molecule has 0 heterocycles. The van der Waals surface area contributed by atoms with Gasteiger partial charge in [-0.15, -0.1) is 0 Å². The van der Waals surface area contributed by atoms with E-state index in [1.54, 1.807) is 19.3 Å². The van der Waals surface area contributed by atoms with Crippen LogP contribution in [0.15, 0.2) is 0 Å². The summed E-state index contributed by atoms with van der Waals surface area (Å²) in [6, 6.07) is 0. The second-order valence-electron chi connectivity index (χ2n) is 6.19. The lowest BCUT2D eigenvalue weighted by Crippen LogP contribution is -2.25. The molecule has 13 heavy (non-hydrogen) atoms. The first kappa shape index (κ1) is 8.32. The molecule has 0 aliphatic heterocycles. The monoisotopic (exact) mass is 178 g/mol. The minimum atomic E-state index is 1.02. The Balaban J connectivity index is 1.89. The largest absolute Gasteiger partial charge is 0.0622 e. The molecule has 0 spiro atoms. The van der Waals surface area contributed by atoms with Crippen molar-refractivity contribution in [2.45, 2.75) is 40.0 Å². The van der Waals surface area contributed by atoms with Crippen molar-refractivity contribution < 1.29 is 0 Å². The van der Waals surface area contributed by atoms with Gasteiger partial charge in [0.05, 0.1) is 0 Å². The van der Waals surface area contributed by atoms with Crippen molar-refractivity contribution >= 4 is 0 Å². The zero-order valence-corrected chi connectivity index (χ0v) is 9.16. The molecular weight excluding hydrogens is 156 g/mol. The Morgan fingerprint density at radius 1 is 0.769 bits per heavy atom. The van der Waals surface area contributed by atoms with Gasteiger partial charge in [0, 0.05) is 0 Å². The van der Waals surface area contributed by atoms with Crippen LogP contribution < -0.4 is 0 Å². The van der Waals surface area contributed by atoms with Gasteiger partial charge in [0.25, 0.3) is 0 Å². The maximum absolute atomic E-state index is 2.51. The maximum atomic E-state index is 2.51. The lowest BCUT2D eigenvalue weighted by Gasteiger charge is -2.31. The molecular formula is C13H22. The molecule has 3 aliphatic rings. The lowest BCUT2D eigenvalue weighted by molar-refractivity contribution is 0.173. The van der Waals surface area contributed by atoms with Crippen LogP contribution in [0.5, 0.6) is 0 Å². The Bertz CT molecular complexity index is 220. The van der Waals surface area contributed by atoms with Crippen molar-refractivity contribution in [1.82, 2.24) is 0 Å². The van der Waals surface area contributed by atoms with Crippen LogP contribution in [0.3, 0.4) is 0 Å². The van der Waals surface area contributed by atoms with Crippen molar-refractivity contribution in [2.75, 3.05) is 0 Å². The van der Waals surface area contributed by atoms with Crippen LogP contribution >= 0.6 is 0 Å². The fourth-order valence-corrected chi connectivity index (χ4v) is 5.05. The first-order chi connectivity index (χ1) is 6.18. The Hall–Kier alpha value is 0. The van der Waals surface area contributed by atoms with Crippen LogP contribution in [0.4, 0.5) is 0 Å². The van der Waals surface area contributed by atoms with Crippen molar-refractivity contribution in [1.29, 1.82) is 0 Å². The molecule has 0 radical (unpaired) electrons. The van der Waals surface area contributed by atoms with E-state index in [1.165, 1.54) is 0 Å².